The minimum atomic E-state index is 0.0595. The highest BCUT2D eigenvalue weighted by Gasteiger charge is 2.25. The summed E-state index contributed by atoms with van der Waals surface area (Å²) in [4.78, 5) is 15.6. The average molecular weight is 237 g/mol. The van der Waals surface area contributed by atoms with Gasteiger partial charge in [0.15, 0.2) is 0 Å². The lowest BCUT2D eigenvalue weighted by atomic mass is 10.1. The minimum absolute atomic E-state index is 0.0595. The van der Waals surface area contributed by atoms with Crippen molar-refractivity contribution in [1.29, 1.82) is 0 Å². The standard InChI is InChI=1S/C9H11N5OS/c1-16-9-12-8-11-6-2-7(15)10-3-5(6)4-14(8)13-9/h2-4H2,1H3,(H,10,15)(H,11,12,13). The van der Waals surface area contributed by atoms with Crippen molar-refractivity contribution in [2.75, 3.05) is 18.1 Å². The van der Waals surface area contributed by atoms with Crippen molar-refractivity contribution < 1.29 is 4.79 Å². The number of rotatable bonds is 1. The van der Waals surface area contributed by atoms with Crippen LogP contribution in [0.1, 0.15) is 6.42 Å². The number of carbonyl (C=O) groups excluding carboxylic acids is 1. The van der Waals surface area contributed by atoms with Crippen molar-refractivity contribution in [3.05, 3.63) is 11.3 Å². The second-order valence-corrected chi connectivity index (χ2v) is 4.51. The van der Waals surface area contributed by atoms with Crippen molar-refractivity contribution in [2.45, 2.75) is 18.1 Å². The van der Waals surface area contributed by atoms with Gasteiger partial charge in [-0.1, -0.05) is 11.8 Å². The number of nitrogens with one attached hydrogen (secondary N) is 2. The van der Waals surface area contributed by atoms with Crippen molar-refractivity contribution in [3.8, 4) is 0 Å². The van der Waals surface area contributed by atoms with Gasteiger partial charge in [0.2, 0.25) is 17.0 Å². The number of carbonyl (C=O) groups is 1. The van der Waals surface area contributed by atoms with E-state index in [1.54, 1.807) is 0 Å². The molecule has 0 spiro atoms. The van der Waals surface area contributed by atoms with Crippen molar-refractivity contribution in [1.82, 2.24) is 20.1 Å². The monoisotopic (exact) mass is 237 g/mol. The molecular formula is C9H11N5OS. The molecule has 1 aromatic heterocycles. The maximum atomic E-state index is 11.3. The molecule has 0 saturated heterocycles. The van der Waals surface area contributed by atoms with E-state index in [-0.39, 0.29) is 5.91 Å². The van der Waals surface area contributed by atoms with Gasteiger partial charge < -0.3 is 10.6 Å². The number of hydrogen-bond acceptors (Lipinski definition) is 5. The van der Waals surface area contributed by atoms with Gasteiger partial charge >= 0.3 is 0 Å². The highest BCUT2D eigenvalue weighted by molar-refractivity contribution is 7.98. The SMILES string of the molecule is CSc1nc2n(n1)CC1=C(CC(=O)NC1)N2. The van der Waals surface area contributed by atoms with Crippen LogP contribution in [0.5, 0.6) is 0 Å². The average Bonchev–Trinajstić information content (AvgIpc) is 2.67. The van der Waals surface area contributed by atoms with E-state index in [4.69, 9.17) is 0 Å². The van der Waals surface area contributed by atoms with Crippen LogP contribution in [-0.4, -0.2) is 33.5 Å². The third-order valence-corrected chi connectivity index (χ3v) is 3.24. The zero-order valence-electron chi connectivity index (χ0n) is 8.78. The lowest BCUT2D eigenvalue weighted by Crippen LogP contribution is -2.36. The fraction of sp³-hybridized carbons (Fsp3) is 0.444. The highest BCUT2D eigenvalue weighted by atomic mass is 32.2. The molecule has 3 heterocycles. The normalized spacial score (nSPS) is 18.7. The van der Waals surface area contributed by atoms with Crippen molar-refractivity contribution >= 4 is 23.6 Å². The van der Waals surface area contributed by atoms with Crippen LogP contribution in [0.3, 0.4) is 0 Å². The molecule has 7 heteroatoms. The van der Waals surface area contributed by atoms with E-state index >= 15 is 0 Å². The smallest absolute Gasteiger partial charge is 0.226 e. The van der Waals surface area contributed by atoms with Crippen molar-refractivity contribution in [3.63, 3.8) is 0 Å². The molecular weight excluding hydrogens is 226 g/mol. The fourth-order valence-electron chi connectivity index (χ4n) is 1.87. The molecule has 2 aliphatic rings. The Morgan fingerprint density at radius 2 is 2.38 bits per heavy atom. The van der Waals surface area contributed by atoms with Gasteiger partial charge in [0.1, 0.15) is 0 Å². The first-order valence-corrected chi connectivity index (χ1v) is 6.22. The molecule has 0 aliphatic carbocycles. The third-order valence-electron chi connectivity index (χ3n) is 2.70. The molecule has 2 N–H and O–H groups in total. The predicted molar refractivity (Wildman–Crippen MR) is 60.1 cm³/mol. The molecule has 0 bridgehead atoms. The van der Waals surface area contributed by atoms with Crippen LogP contribution in [0.15, 0.2) is 16.4 Å². The summed E-state index contributed by atoms with van der Waals surface area (Å²) in [6.45, 7) is 1.32. The Balaban J connectivity index is 1.92. The Kier molecular flexibility index (Phi) is 2.13. The molecule has 3 rings (SSSR count). The molecule has 0 fully saturated rings. The van der Waals surface area contributed by atoms with Gasteiger partial charge in [-0.25, -0.2) is 4.68 Å². The van der Waals surface area contributed by atoms with Crippen molar-refractivity contribution in [2.24, 2.45) is 0 Å². The highest BCUT2D eigenvalue weighted by Crippen LogP contribution is 2.25. The lowest BCUT2D eigenvalue weighted by molar-refractivity contribution is -0.120. The maximum Gasteiger partial charge on any atom is 0.226 e. The van der Waals surface area contributed by atoms with Crippen LogP contribution in [0.2, 0.25) is 0 Å². The van der Waals surface area contributed by atoms with Crippen LogP contribution in [0.25, 0.3) is 0 Å². The molecule has 0 radical (unpaired) electrons. The second kappa shape index (κ2) is 3.51. The van der Waals surface area contributed by atoms with E-state index in [1.165, 1.54) is 17.3 Å². The van der Waals surface area contributed by atoms with Crippen LogP contribution >= 0.6 is 11.8 Å². The molecule has 0 saturated carbocycles. The van der Waals surface area contributed by atoms with E-state index in [2.05, 4.69) is 20.7 Å². The number of thioether (sulfide) groups is 1. The summed E-state index contributed by atoms with van der Waals surface area (Å²) in [5.74, 6) is 0.794. The third kappa shape index (κ3) is 1.47. The van der Waals surface area contributed by atoms with E-state index in [0.29, 0.717) is 19.5 Å². The first-order valence-electron chi connectivity index (χ1n) is 4.99. The van der Waals surface area contributed by atoms with Gasteiger partial charge in [0.05, 0.1) is 13.0 Å². The molecule has 16 heavy (non-hydrogen) atoms. The number of amides is 1. The van der Waals surface area contributed by atoms with Crippen LogP contribution < -0.4 is 10.6 Å². The number of nitrogens with zero attached hydrogens (tertiary/aromatic N) is 3. The summed E-state index contributed by atoms with van der Waals surface area (Å²) in [6.07, 6.45) is 2.36. The van der Waals surface area contributed by atoms with E-state index in [1.807, 2.05) is 10.9 Å². The van der Waals surface area contributed by atoms with Crippen LogP contribution in [0, 0.1) is 0 Å². The topological polar surface area (TPSA) is 71.8 Å². The number of anilines is 1. The Hall–Kier alpha value is -1.50. The molecule has 2 aliphatic heterocycles. The molecule has 84 valence electrons. The maximum absolute atomic E-state index is 11.3. The summed E-state index contributed by atoms with van der Waals surface area (Å²) in [5, 5.41) is 11.1. The lowest BCUT2D eigenvalue weighted by Gasteiger charge is -2.25. The molecule has 1 aromatic rings. The largest absolute Gasteiger partial charge is 0.352 e. The number of aromatic nitrogens is 3. The summed E-state index contributed by atoms with van der Waals surface area (Å²) in [5.41, 5.74) is 2.17. The summed E-state index contributed by atoms with van der Waals surface area (Å²) < 4.78 is 1.84. The van der Waals surface area contributed by atoms with Crippen LogP contribution in [-0.2, 0) is 11.3 Å². The number of hydrogen-bond donors (Lipinski definition) is 2. The summed E-state index contributed by atoms with van der Waals surface area (Å²) in [7, 11) is 0. The zero-order chi connectivity index (χ0) is 11.1. The van der Waals surface area contributed by atoms with Gasteiger partial charge in [0.25, 0.3) is 0 Å². The molecule has 0 atom stereocenters. The number of fused-ring (bicyclic) bond motifs is 1. The Bertz CT molecular complexity index is 492. The Labute approximate surface area is 96.5 Å². The van der Waals surface area contributed by atoms with Gasteiger partial charge in [-0.2, -0.15) is 4.98 Å². The van der Waals surface area contributed by atoms with Gasteiger partial charge in [-0.3, -0.25) is 4.79 Å². The van der Waals surface area contributed by atoms with Crippen LogP contribution in [0.4, 0.5) is 5.95 Å². The first-order chi connectivity index (χ1) is 7.76. The molecule has 1 amide bonds. The minimum Gasteiger partial charge on any atom is -0.352 e. The van der Waals surface area contributed by atoms with E-state index < -0.39 is 0 Å². The second-order valence-electron chi connectivity index (χ2n) is 3.74. The zero-order valence-corrected chi connectivity index (χ0v) is 9.60. The van der Waals surface area contributed by atoms with Gasteiger partial charge in [-0.05, 0) is 11.8 Å². The summed E-state index contributed by atoms with van der Waals surface area (Å²) >= 11 is 1.51. The van der Waals surface area contributed by atoms with E-state index in [9.17, 15) is 4.79 Å². The predicted octanol–water partition coefficient (Wildman–Crippen LogP) is 0.199. The first kappa shape index (κ1) is 9.71. The Morgan fingerprint density at radius 3 is 3.19 bits per heavy atom. The molecule has 0 unspecified atom stereocenters. The van der Waals surface area contributed by atoms with Gasteiger partial charge in [-0.15, -0.1) is 5.10 Å². The van der Waals surface area contributed by atoms with E-state index in [0.717, 1.165) is 16.8 Å². The quantitative estimate of drug-likeness (QED) is 0.683. The van der Waals surface area contributed by atoms with Gasteiger partial charge in [0, 0.05) is 12.2 Å². The summed E-state index contributed by atoms with van der Waals surface area (Å²) in [6, 6.07) is 0. The Morgan fingerprint density at radius 1 is 1.50 bits per heavy atom. The molecule has 6 nitrogen and oxygen atoms in total. The fourth-order valence-corrected chi connectivity index (χ4v) is 2.23. The molecule has 0 aromatic carbocycles.